The Bertz CT molecular complexity index is 570. The summed E-state index contributed by atoms with van der Waals surface area (Å²) in [7, 11) is 3.97. The number of carbonyl (C=O) groups excluding carboxylic acids is 1. The average molecular weight is 345 g/mol. The highest BCUT2D eigenvalue weighted by Crippen LogP contribution is 2.21. The molecule has 5 heteroatoms. The Hall–Kier alpha value is -1.59. The molecule has 2 heterocycles. The van der Waals surface area contributed by atoms with Crippen molar-refractivity contribution in [2.24, 2.45) is 0 Å². The van der Waals surface area contributed by atoms with E-state index >= 15 is 0 Å². The molecule has 0 bridgehead atoms. The first-order valence-corrected chi connectivity index (χ1v) is 9.55. The third-order valence-electron chi connectivity index (χ3n) is 5.16. The van der Waals surface area contributed by atoms with Gasteiger partial charge in [0, 0.05) is 46.0 Å². The van der Waals surface area contributed by atoms with Crippen LogP contribution in [-0.2, 0) is 4.74 Å². The van der Waals surface area contributed by atoms with Gasteiger partial charge in [0.05, 0.1) is 11.7 Å². The van der Waals surface area contributed by atoms with Gasteiger partial charge in [0.15, 0.2) is 0 Å². The Kier molecular flexibility index (Phi) is 6.32. The van der Waals surface area contributed by atoms with E-state index in [9.17, 15) is 4.79 Å². The smallest absolute Gasteiger partial charge is 0.256 e. The van der Waals surface area contributed by atoms with E-state index in [1.807, 2.05) is 48.2 Å². The number of nitrogens with zero attached hydrogens (tertiary/aromatic N) is 3. The summed E-state index contributed by atoms with van der Waals surface area (Å²) in [5.74, 6) is 0.124. The molecular weight excluding hydrogens is 314 g/mol. The second-order valence-electron chi connectivity index (χ2n) is 7.37. The number of likely N-dealkylation sites (tertiary alicyclic amines) is 1. The fourth-order valence-corrected chi connectivity index (χ4v) is 3.83. The van der Waals surface area contributed by atoms with Crippen LogP contribution in [0.2, 0.25) is 0 Å². The number of hydrogen-bond donors (Lipinski definition) is 0. The van der Waals surface area contributed by atoms with Crippen molar-refractivity contribution >= 4 is 11.6 Å². The predicted octanol–water partition coefficient (Wildman–Crippen LogP) is 2.47. The van der Waals surface area contributed by atoms with Crippen molar-refractivity contribution in [2.45, 2.75) is 31.8 Å². The van der Waals surface area contributed by atoms with Crippen LogP contribution in [0.15, 0.2) is 24.3 Å². The van der Waals surface area contributed by atoms with Gasteiger partial charge in [-0.1, -0.05) is 18.6 Å². The molecule has 0 radical (unpaired) electrons. The molecule has 3 rings (SSSR count). The Balaban J connectivity index is 1.69. The van der Waals surface area contributed by atoms with Crippen molar-refractivity contribution in [3.05, 3.63) is 29.8 Å². The van der Waals surface area contributed by atoms with Crippen LogP contribution in [0.25, 0.3) is 0 Å². The third kappa shape index (κ3) is 4.73. The lowest BCUT2D eigenvalue weighted by Gasteiger charge is -2.32. The SMILES string of the molecule is CN(C)c1ccccc1C(=O)N1CCCO[C@@H](CN2CCCCC2)C1. The van der Waals surface area contributed by atoms with Gasteiger partial charge in [-0.3, -0.25) is 4.79 Å². The van der Waals surface area contributed by atoms with Crippen molar-refractivity contribution in [2.75, 3.05) is 58.3 Å². The van der Waals surface area contributed by atoms with E-state index < -0.39 is 0 Å². The van der Waals surface area contributed by atoms with Gasteiger partial charge >= 0.3 is 0 Å². The van der Waals surface area contributed by atoms with E-state index in [-0.39, 0.29) is 12.0 Å². The zero-order valence-corrected chi connectivity index (χ0v) is 15.6. The minimum atomic E-state index is 0.121. The van der Waals surface area contributed by atoms with E-state index in [1.165, 1.54) is 19.3 Å². The molecule has 0 aromatic heterocycles. The number of piperidine rings is 1. The van der Waals surface area contributed by atoms with Gasteiger partial charge in [0.2, 0.25) is 0 Å². The maximum absolute atomic E-state index is 13.1. The Morgan fingerprint density at radius 1 is 1.12 bits per heavy atom. The first-order chi connectivity index (χ1) is 12.1. The van der Waals surface area contributed by atoms with Gasteiger partial charge in [-0.25, -0.2) is 0 Å². The molecule has 138 valence electrons. The molecule has 0 spiro atoms. The van der Waals surface area contributed by atoms with E-state index in [2.05, 4.69) is 4.90 Å². The predicted molar refractivity (Wildman–Crippen MR) is 101 cm³/mol. The van der Waals surface area contributed by atoms with E-state index in [0.29, 0.717) is 6.54 Å². The number of hydrogen-bond acceptors (Lipinski definition) is 4. The summed E-state index contributed by atoms with van der Waals surface area (Å²) in [5, 5.41) is 0. The highest BCUT2D eigenvalue weighted by molar-refractivity contribution is 5.99. The first-order valence-electron chi connectivity index (χ1n) is 9.55. The molecule has 2 aliphatic heterocycles. The number of benzene rings is 1. The number of rotatable bonds is 4. The topological polar surface area (TPSA) is 36.0 Å². The van der Waals surface area contributed by atoms with Gasteiger partial charge < -0.3 is 19.4 Å². The molecule has 1 amide bonds. The molecule has 2 fully saturated rings. The van der Waals surface area contributed by atoms with E-state index in [4.69, 9.17) is 4.74 Å². The molecule has 1 aromatic carbocycles. The van der Waals surface area contributed by atoms with Gasteiger partial charge in [-0.2, -0.15) is 0 Å². The van der Waals surface area contributed by atoms with Crippen molar-refractivity contribution in [1.82, 2.24) is 9.80 Å². The Labute approximate surface area is 151 Å². The minimum Gasteiger partial charge on any atom is -0.377 e. The van der Waals surface area contributed by atoms with Crippen LogP contribution in [0, 0.1) is 0 Å². The summed E-state index contributed by atoms with van der Waals surface area (Å²) in [6.45, 7) is 5.49. The highest BCUT2D eigenvalue weighted by atomic mass is 16.5. The van der Waals surface area contributed by atoms with Crippen LogP contribution in [-0.4, -0.2) is 75.2 Å². The molecule has 5 nitrogen and oxygen atoms in total. The van der Waals surface area contributed by atoms with Crippen LogP contribution in [0.5, 0.6) is 0 Å². The van der Waals surface area contributed by atoms with E-state index in [1.54, 1.807) is 0 Å². The molecule has 0 N–H and O–H groups in total. The molecule has 0 aliphatic carbocycles. The number of carbonyl (C=O) groups is 1. The molecule has 0 saturated carbocycles. The van der Waals surface area contributed by atoms with Crippen molar-refractivity contribution in [3.63, 3.8) is 0 Å². The largest absolute Gasteiger partial charge is 0.377 e. The van der Waals surface area contributed by atoms with Gasteiger partial charge in [-0.05, 0) is 44.5 Å². The number of ether oxygens (including phenoxy) is 1. The number of para-hydroxylation sites is 1. The lowest BCUT2D eigenvalue weighted by atomic mass is 10.1. The average Bonchev–Trinajstić information content (AvgIpc) is 2.87. The van der Waals surface area contributed by atoms with E-state index in [0.717, 1.165) is 50.5 Å². The van der Waals surface area contributed by atoms with Crippen LogP contribution in [0.4, 0.5) is 5.69 Å². The summed E-state index contributed by atoms with van der Waals surface area (Å²) in [4.78, 5) is 19.6. The minimum absolute atomic E-state index is 0.121. The second kappa shape index (κ2) is 8.68. The van der Waals surface area contributed by atoms with Crippen molar-refractivity contribution in [3.8, 4) is 0 Å². The van der Waals surface area contributed by atoms with Crippen molar-refractivity contribution < 1.29 is 9.53 Å². The summed E-state index contributed by atoms with van der Waals surface area (Å²) in [6.07, 6.45) is 4.94. The molecule has 25 heavy (non-hydrogen) atoms. The summed E-state index contributed by atoms with van der Waals surface area (Å²) >= 11 is 0. The van der Waals surface area contributed by atoms with Gasteiger partial charge in [0.25, 0.3) is 5.91 Å². The zero-order valence-electron chi connectivity index (χ0n) is 15.6. The summed E-state index contributed by atoms with van der Waals surface area (Å²) < 4.78 is 6.05. The lowest BCUT2D eigenvalue weighted by Crippen LogP contribution is -2.44. The Morgan fingerprint density at radius 3 is 2.64 bits per heavy atom. The summed E-state index contributed by atoms with van der Waals surface area (Å²) in [6, 6.07) is 7.87. The van der Waals surface area contributed by atoms with Crippen LogP contribution < -0.4 is 4.90 Å². The monoisotopic (exact) mass is 345 g/mol. The zero-order chi connectivity index (χ0) is 17.6. The molecule has 1 atom stereocenters. The standard InChI is InChI=1S/C20H31N3O2/c1-21(2)19-10-5-4-9-18(19)20(24)23-13-8-14-25-17(16-23)15-22-11-6-3-7-12-22/h4-5,9-10,17H,3,6-8,11-16H2,1-2H3/t17-/m0/s1. The summed E-state index contributed by atoms with van der Waals surface area (Å²) in [5.41, 5.74) is 1.76. The maximum Gasteiger partial charge on any atom is 0.256 e. The fourth-order valence-electron chi connectivity index (χ4n) is 3.83. The van der Waals surface area contributed by atoms with Crippen LogP contribution >= 0.6 is 0 Å². The lowest BCUT2D eigenvalue weighted by molar-refractivity contribution is 0.0216. The normalized spacial score (nSPS) is 22.5. The maximum atomic E-state index is 13.1. The second-order valence-corrected chi connectivity index (χ2v) is 7.37. The third-order valence-corrected chi connectivity index (χ3v) is 5.16. The number of amides is 1. The fraction of sp³-hybridized carbons (Fsp3) is 0.650. The van der Waals surface area contributed by atoms with Gasteiger partial charge in [-0.15, -0.1) is 0 Å². The van der Waals surface area contributed by atoms with Crippen molar-refractivity contribution in [1.29, 1.82) is 0 Å². The first kappa shape index (κ1) is 18.2. The molecule has 2 aliphatic rings. The molecule has 2 saturated heterocycles. The van der Waals surface area contributed by atoms with Crippen LogP contribution in [0.3, 0.4) is 0 Å². The van der Waals surface area contributed by atoms with Gasteiger partial charge in [0.1, 0.15) is 0 Å². The highest BCUT2D eigenvalue weighted by Gasteiger charge is 2.26. The Morgan fingerprint density at radius 2 is 1.88 bits per heavy atom. The quantitative estimate of drug-likeness (QED) is 0.840. The molecule has 0 unspecified atom stereocenters. The number of anilines is 1. The molecular formula is C20H31N3O2. The van der Waals surface area contributed by atoms with Crippen LogP contribution in [0.1, 0.15) is 36.0 Å². The molecule has 1 aromatic rings.